The number of ether oxygens (including phenoxy) is 2. The third-order valence-electron chi connectivity index (χ3n) is 7.39. The molecule has 0 amide bonds. The van der Waals surface area contributed by atoms with Crippen LogP contribution in [0.3, 0.4) is 0 Å². The fourth-order valence-corrected chi connectivity index (χ4v) is 6.58. The lowest BCUT2D eigenvalue weighted by Gasteiger charge is -2.38. The minimum absolute atomic E-state index is 0.125. The standard InChI is InChI=1S/C28H37N5O4S/c1-36-28-30-27(33(38(34,35)31-28)21-22-11-4-2-5-12-22)29-17-10-20-37-26-16-9-13-23-24(26)14-8-15-25(23)32-18-6-3-7-19-32/h2,4-5,9,11-13,16,25H,3,6-8,10,14-15,17-21H2,1H3,(H,29,30,31). The largest absolute Gasteiger partial charge is 0.493 e. The summed E-state index contributed by atoms with van der Waals surface area (Å²) < 4.78 is 41.8. The highest BCUT2D eigenvalue weighted by molar-refractivity contribution is 7.88. The lowest BCUT2D eigenvalue weighted by atomic mass is 9.85. The molecule has 38 heavy (non-hydrogen) atoms. The SMILES string of the molecule is COC1=NS(=O)(=O)N(Cc2ccccc2)C(NCCCOc2cccc3c2CCCC3N2CCCCC2)=N1. The molecule has 5 rings (SSSR count). The van der Waals surface area contributed by atoms with Crippen molar-refractivity contribution in [3.05, 3.63) is 65.2 Å². The third-order valence-corrected chi connectivity index (χ3v) is 8.63. The van der Waals surface area contributed by atoms with Crippen LogP contribution in [0.4, 0.5) is 0 Å². The van der Waals surface area contributed by atoms with E-state index in [1.807, 2.05) is 30.3 Å². The number of hydrogen-bond donors (Lipinski definition) is 1. The van der Waals surface area contributed by atoms with E-state index in [0.717, 1.165) is 17.7 Å². The zero-order valence-electron chi connectivity index (χ0n) is 22.0. The first-order valence-electron chi connectivity index (χ1n) is 13.6. The van der Waals surface area contributed by atoms with Gasteiger partial charge in [-0.2, -0.15) is 13.4 Å². The van der Waals surface area contributed by atoms with E-state index in [1.165, 1.54) is 67.7 Å². The maximum absolute atomic E-state index is 12.8. The summed E-state index contributed by atoms with van der Waals surface area (Å²) in [6, 6.07) is 16.1. The monoisotopic (exact) mass is 539 g/mol. The Labute approximate surface area is 225 Å². The minimum Gasteiger partial charge on any atom is -0.493 e. The molecule has 204 valence electrons. The van der Waals surface area contributed by atoms with Gasteiger partial charge in [0.1, 0.15) is 5.75 Å². The fourth-order valence-electron chi connectivity index (χ4n) is 5.53. The Hall–Kier alpha value is -3.11. The summed E-state index contributed by atoms with van der Waals surface area (Å²) in [6.45, 7) is 3.51. The van der Waals surface area contributed by atoms with E-state index in [4.69, 9.17) is 9.47 Å². The van der Waals surface area contributed by atoms with E-state index in [0.29, 0.717) is 25.6 Å². The second-order valence-electron chi connectivity index (χ2n) is 9.94. The predicted molar refractivity (Wildman–Crippen MR) is 148 cm³/mol. The topological polar surface area (TPSA) is 95.8 Å². The van der Waals surface area contributed by atoms with Gasteiger partial charge in [-0.25, -0.2) is 4.31 Å². The number of benzene rings is 2. The Kier molecular flexibility index (Phi) is 8.48. The van der Waals surface area contributed by atoms with Crippen LogP contribution in [-0.4, -0.2) is 63.0 Å². The third kappa shape index (κ3) is 6.13. The molecule has 1 aliphatic carbocycles. The van der Waals surface area contributed by atoms with Crippen LogP contribution in [0.25, 0.3) is 0 Å². The number of nitrogens with one attached hydrogen (secondary N) is 1. The van der Waals surface area contributed by atoms with Gasteiger partial charge < -0.3 is 14.8 Å². The highest BCUT2D eigenvalue weighted by atomic mass is 32.2. The Morgan fingerprint density at radius 3 is 2.63 bits per heavy atom. The first kappa shape index (κ1) is 26.5. The molecule has 1 saturated heterocycles. The van der Waals surface area contributed by atoms with E-state index in [9.17, 15) is 8.42 Å². The molecule has 0 bridgehead atoms. The second kappa shape index (κ2) is 12.2. The van der Waals surface area contributed by atoms with Crippen LogP contribution in [0.1, 0.15) is 61.3 Å². The fraction of sp³-hybridized carbons (Fsp3) is 0.500. The minimum atomic E-state index is -3.98. The molecule has 1 N–H and O–H groups in total. The molecule has 9 nitrogen and oxygen atoms in total. The van der Waals surface area contributed by atoms with Crippen LogP contribution < -0.4 is 10.1 Å². The summed E-state index contributed by atoms with van der Waals surface area (Å²) in [4.78, 5) is 6.93. The van der Waals surface area contributed by atoms with Crippen molar-refractivity contribution in [2.24, 2.45) is 9.39 Å². The highest BCUT2D eigenvalue weighted by Crippen LogP contribution is 2.39. The van der Waals surface area contributed by atoms with E-state index in [2.05, 4.69) is 37.8 Å². The van der Waals surface area contributed by atoms with Crippen molar-refractivity contribution >= 4 is 22.2 Å². The van der Waals surface area contributed by atoms with Gasteiger partial charge >= 0.3 is 16.2 Å². The smallest absolute Gasteiger partial charge is 0.352 e. The first-order valence-corrected chi connectivity index (χ1v) is 15.0. The van der Waals surface area contributed by atoms with Gasteiger partial charge in [0.15, 0.2) is 0 Å². The Balaban J connectivity index is 1.20. The van der Waals surface area contributed by atoms with E-state index in [1.54, 1.807) is 0 Å². The van der Waals surface area contributed by atoms with Gasteiger partial charge in [0.05, 0.1) is 20.3 Å². The highest BCUT2D eigenvalue weighted by Gasteiger charge is 2.31. The molecule has 0 saturated carbocycles. The Bertz CT molecular complexity index is 1260. The maximum Gasteiger partial charge on any atom is 0.352 e. The second-order valence-corrected chi connectivity index (χ2v) is 11.5. The Morgan fingerprint density at radius 1 is 1.03 bits per heavy atom. The summed E-state index contributed by atoms with van der Waals surface area (Å²) in [5.74, 6) is 1.17. The lowest BCUT2D eigenvalue weighted by molar-refractivity contribution is 0.147. The van der Waals surface area contributed by atoms with Crippen molar-refractivity contribution in [3.63, 3.8) is 0 Å². The number of methoxy groups -OCH3 is 1. The summed E-state index contributed by atoms with van der Waals surface area (Å²) in [6.07, 6.45) is 8.06. The molecule has 1 fully saturated rings. The number of fused-ring (bicyclic) bond motifs is 1. The number of nitrogens with zero attached hydrogens (tertiary/aromatic N) is 4. The summed E-state index contributed by atoms with van der Waals surface area (Å²) >= 11 is 0. The van der Waals surface area contributed by atoms with Gasteiger partial charge in [0.2, 0.25) is 5.96 Å². The van der Waals surface area contributed by atoms with Crippen LogP contribution in [0.2, 0.25) is 0 Å². The van der Waals surface area contributed by atoms with Gasteiger partial charge in [-0.3, -0.25) is 4.90 Å². The van der Waals surface area contributed by atoms with Gasteiger partial charge in [0, 0.05) is 12.6 Å². The lowest BCUT2D eigenvalue weighted by Crippen LogP contribution is -2.47. The number of likely N-dealkylation sites (tertiary alicyclic amines) is 1. The van der Waals surface area contributed by atoms with Crippen molar-refractivity contribution in [3.8, 4) is 5.75 Å². The van der Waals surface area contributed by atoms with Crippen molar-refractivity contribution in [2.75, 3.05) is 33.4 Å². The van der Waals surface area contributed by atoms with Gasteiger partial charge in [-0.1, -0.05) is 53.3 Å². The average Bonchev–Trinajstić information content (AvgIpc) is 2.95. The molecule has 1 unspecified atom stereocenters. The van der Waals surface area contributed by atoms with E-state index < -0.39 is 10.2 Å². The van der Waals surface area contributed by atoms with Gasteiger partial charge in [-0.15, -0.1) is 0 Å². The number of guanidine groups is 1. The van der Waals surface area contributed by atoms with Crippen molar-refractivity contribution < 1.29 is 17.9 Å². The molecular weight excluding hydrogens is 502 g/mol. The van der Waals surface area contributed by atoms with Crippen LogP contribution in [0.15, 0.2) is 57.9 Å². The predicted octanol–water partition coefficient (Wildman–Crippen LogP) is 4.03. The number of piperidine rings is 1. The van der Waals surface area contributed by atoms with Crippen molar-refractivity contribution in [2.45, 2.75) is 57.5 Å². The van der Waals surface area contributed by atoms with Crippen molar-refractivity contribution in [1.82, 2.24) is 14.5 Å². The first-order chi connectivity index (χ1) is 18.5. The quantitative estimate of drug-likeness (QED) is 0.509. The molecule has 2 aromatic carbocycles. The molecule has 3 aliphatic rings. The molecule has 0 radical (unpaired) electrons. The van der Waals surface area contributed by atoms with E-state index >= 15 is 0 Å². The normalized spacial score (nSPS) is 21.2. The van der Waals surface area contributed by atoms with Crippen LogP contribution in [0, 0.1) is 0 Å². The zero-order chi connectivity index (χ0) is 26.4. The van der Waals surface area contributed by atoms with Gasteiger partial charge in [0.25, 0.3) is 0 Å². The zero-order valence-corrected chi connectivity index (χ0v) is 22.8. The van der Waals surface area contributed by atoms with Crippen LogP contribution in [0.5, 0.6) is 5.75 Å². The van der Waals surface area contributed by atoms with Crippen molar-refractivity contribution in [1.29, 1.82) is 0 Å². The molecule has 2 aliphatic heterocycles. The summed E-state index contributed by atoms with van der Waals surface area (Å²) in [5, 5.41) is 3.16. The number of hydrogen-bond acceptors (Lipinski definition) is 7. The van der Waals surface area contributed by atoms with Gasteiger partial charge in [-0.05, 0) is 74.4 Å². The van der Waals surface area contributed by atoms with E-state index in [-0.39, 0.29) is 18.5 Å². The summed E-state index contributed by atoms with van der Waals surface area (Å²) in [7, 11) is -2.62. The average molecular weight is 540 g/mol. The number of aliphatic imine (C=N–C) groups is 1. The number of rotatable bonds is 8. The molecule has 1 atom stereocenters. The molecule has 2 aromatic rings. The molecule has 2 heterocycles. The maximum atomic E-state index is 12.8. The molecule has 0 aromatic heterocycles. The summed E-state index contributed by atoms with van der Waals surface area (Å²) in [5.41, 5.74) is 3.61. The Morgan fingerprint density at radius 2 is 1.84 bits per heavy atom. The number of amidine groups is 1. The molecular formula is C28H37N5O4S. The molecule has 10 heteroatoms. The molecule has 0 spiro atoms. The van der Waals surface area contributed by atoms with Crippen LogP contribution >= 0.6 is 0 Å². The van der Waals surface area contributed by atoms with Crippen LogP contribution in [-0.2, 0) is 27.9 Å².